The lowest BCUT2D eigenvalue weighted by Crippen LogP contribution is -2.54. The lowest BCUT2D eigenvalue weighted by molar-refractivity contribution is -0.163. The van der Waals surface area contributed by atoms with Crippen LogP contribution in [0.1, 0.15) is 6.42 Å². The number of fused-ring (bicyclic) bond motifs is 1. The fraction of sp³-hybridized carbons (Fsp3) is 0.500. The number of aliphatic hydroxyl groups excluding tert-OH is 1. The second-order valence-corrected chi connectivity index (χ2v) is 3.11. The Hall–Kier alpha value is -1.56. The van der Waals surface area contributed by atoms with Crippen LogP contribution >= 0.6 is 0 Å². The third kappa shape index (κ3) is 1.07. The van der Waals surface area contributed by atoms with Crippen LogP contribution in [0.3, 0.4) is 0 Å². The van der Waals surface area contributed by atoms with Crippen molar-refractivity contribution in [3.63, 3.8) is 0 Å². The fourth-order valence-corrected chi connectivity index (χ4v) is 1.66. The monoisotopic (exact) mass is 199 g/mol. The molecule has 0 aromatic heterocycles. The first-order chi connectivity index (χ1) is 6.65. The van der Waals surface area contributed by atoms with Gasteiger partial charge >= 0.3 is 5.97 Å². The van der Waals surface area contributed by atoms with E-state index in [1.165, 1.54) is 11.0 Å². The van der Waals surface area contributed by atoms with E-state index in [4.69, 9.17) is 14.9 Å². The number of carboxylic acids is 1. The minimum Gasteiger partial charge on any atom is -0.479 e. The summed E-state index contributed by atoms with van der Waals surface area (Å²) in [5.74, 6) is -1.22. The van der Waals surface area contributed by atoms with Crippen LogP contribution in [-0.2, 0) is 14.3 Å². The number of hydrogen-bond acceptors (Lipinski definition) is 4. The number of aliphatic hydroxyl groups is 1. The number of rotatable bonds is 2. The molecule has 0 aromatic carbocycles. The van der Waals surface area contributed by atoms with Gasteiger partial charge in [0.05, 0.1) is 13.0 Å². The van der Waals surface area contributed by atoms with Crippen molar-refractivity contribution in [2.75, 3.05) is 6.61 Å². The third-order valence-electron chi connectivity index (χ3n) is 2.29. The Balaban J connectivity index is 2.26. The molecule has 2 N–H and O–H groups in total. The zero-order valence-corrected chi connectivity index (χ0v) is 7.21. The molecular formula is C8H9NO5. The summed E-state index contributed by atoms with van der Waals surface area (Å²) in [7, 11) is 0. The maximum atomic E-state index is 11.1. The highest BCUT2D eigenvalue weighted by Gasteiger charge is 2.53. The van der Waals surface area contributed by atoms with Gasteiger partial charge in [-0.15, -0.1) is 0 Å². The number of aliphatic carboxylic acids is 1. The van der Waals surface area contributed by atoms with Gasteiger partial charge < -0.3 is 14.9 Å². The second kappa shape index (κ2) is 2.98. The van der Waals surface area contributed by atoms with Crippen molar-refractivity contribution in [2.45, 2.75) is 18.7 Å². The Bertz CT molecular complexity index is 324. The van der Waals surface area contributed by atoms with E-state index in [1.54, 1.807) is 0 Å². The highest BCUT2D eigenvalue weighted by molar-refractivity contribution is 5.91. The summed E-state index contributed by atoms with van der Waals surface area (Å²) in [6.07, 6.45) is 1.03. The molecule has 76 valence electrons. The first-order valence-electron chi connectivity index (χ1n) is 4.16. The molecule has 0 spiro atoms. The van der Waals surface area contributed by atoms with Crippen LogP contribution < -0.4 is 0 Å². The number of hydrogen-bond donors (Lipinski definition) is 2. The van der Waals surface area contributed by atoms with Gasteiger partial charge in [0.15, 0.2) is 12.3 Å². The van der Waals surface area contributed by atoms with Crippen LogP contribution in [0.5, 0.6) is 0 Å². The molecule has 0 aromatic rings. The Labute approximate surface area is 79.4 Å². The summed E-state index contributed by atoms with van der Waals surface area (Å²) in [4.78, 5) is 23.1. The Morgan fingerprint density at radius 3 is 2.93 bits per heavy atom. The van der Waals surface area contributed by atoms with Crippen LogP contribution in [0.25, 0.3) is 0 Å². The van der Waals surface area contributed by atoms with Gasteiger partial charge in [-0.1, -0.05) is 0 Å². The highest BCUT2D eigenvalue weighted by Crippen LogP contribution is 2.36. The summed E-state index contributed by atoms with van der Waals surface area (Å²) >= 11 is 0. The topological polar surface area (TPSA) is 87.1 Å². The molecule has 2 atom stereocenters. The van der Waals surface area contributed by atoms with E-state index in [0.29, 0.717) is 0 Å². The summed E-state index contributed by atoms with van der Waals surface area (Å²) < 4.78 is 5.17. The lowest BCUT2D eigenvalue weighted by atomic mass is 10.1. The molecule has 6 nitrogen and oxygen atoms in total. The van der Waals surface area contributed by atoms with Crippen LogP contribution in [-0.4, -0.2) is 45.9 Å². The van der Waals surface area contributed by atoms with E-state index in [9.17, 15) is 9.59 Å². The van der Waals surface area contributed by atoms with Crippen molar-refractivity contribution in [3.8, 4) is 0 Å². The molecule has 2 fully saturated rings. The van der Waals surface area contributed by atoms with E-state index in [0.717, 1.165) is 0 Å². The molecule has 14 heavy (non-hydrogen) atoms. The number of ether oxygens (including phenoxy) is 1. The minimum absolute atomic E-state index is 0.149. The Morgan fingerprint density at radius 1 is 1.71 bits per heavy atom. The maximum Gasteiger partial charge on any atom is 0.334 e. The van der Waals surface area contributed by atoms with Crippen LogP contribution in [0.2, 0.25) is 0 Å². The van der Waals surface area contributed by atoms with Crippen molar-refractivity contribution < 1.29 is 24.5 Å². The molecule has 2 saturated heterocycles. The minimum atomic E-state index is -1.14. The fourth-order valence-electron chi connectivity index (χ4n) is 1.66. The van der Waals surface area contributed by atoms with Gasteiger partial charge in [-0.25, -0.2) is 4.79 Å². The number of carboxylic acid groups (broad SMARTS) is 1. The van der Waals surface area contributed by atoms with Gasteiger partial charge in [0.25, 0.3) is 0 Å². The van der Waals surface area contributed by atoms with Crippen molar-refractivity contribution >= 4 is 11.9 Å². The summed E-state index contributed by atoms with van der Waals surface area (Å²) in [6, 6.07) is -1.06. The number of carbonyl (C=O) groups is 2. The van der Waals surface area contributed by atoms with Gasteiger partial charge in [-0.05, 0) is 6.08 Å². The summed E-state index contributed by atoms with van der Waals surface area (Å²) in [5.41, 5.74) is 0. The van der Waals surface area contributed by atoms with Gasteiger partial charge in [0.1, 0.15) is 5.76 Å². The van der Waals surface area contributed by atoms with E-state index < -0.39 is 18.2 Å². The SMILES string of the molecule is O=C(O)[C@@H]1/C(=C\CO)O[C@H]2CC(=O)N21. The van der Waals surface area contributed by atoms with Crippen LogP contribution in [0.15, 0.2) is 11.8 Å². The predicted molar refractivity (Wildman–Crippen MR) is 42.9 cm³/mol. The molecule has 1 amide bonds. The van der Waals surface area contributed by atoms with E-state index in [2.05, 4.69) is 0 Å². The zero-order chi connectivity index (χ0) is 10.3. The molecule has 0 bridgehead atoms. The van der Waals surface area contributed by atoms with Crippen molar-refractivity contribution in [2.24, 2.45) is 0 Å². The number of β-lactam (4-membered cyclic amide) rings is 1. The van der Waals surface area contributed by atoms with Gasteiger partial charge in [0.2, 0.25) is 5.91 Å². The summed E-state index contributed by atoms with van der Waals surface area (Å²) in [5, 5.41) is 17.5. The average Bonchev–Trinajstić information content (AvgIpc) is 2.39. The van der Waals surface area contributed by atoms with Gasteiger partial charge in [-0.2, -0.15) is 0 Å². The number of nitrogens with zero attached hydrogens (tertiary/aromatic N) is 1. The summed E-state index contributed by atoms with van der Waals surface area (Å²) in [6.45, 7) is -0.298. The molecule has 2 aliphatic heterocycles. The molecular weight excluding hydrogens is 190 g/mol. The Morgan fingerprint density at radius 2 is 2.43 bits per heavy atom. The van der Waals surface area contributed by atoms with Crippen molar-refractivity contribution in [1.82, 2.24) is 4.90 Å². The Kier molecular flexibility index (Phi) is 1.92. The molecule has 6 heteroatoms. The maximum absolute atomic E-state index is 11.1. The largest absolute Gasteiger partial charge is 0.479 e. The molecule has 2 rings (SSSR count). The molecule has 0 saturated carbocycles. The zero-order valence-electron chi connectivity index (χ0n) is 7.21. The first kappa shape index (κ1) is 9.01. The smallest absolute Gasteiger partial charge is 0.334 e. The third-order valence-corrected chi connectivity index (χ3v) is 2.29. The van der Waals surface area contributed by atoms with Crippen molar-refractivity contribution in [1.29, 1.82) is 0 Å². The van der Waals surface area contributed by atoms with Gasteiger partial charge in [-0.3, -0.25) is 9.69 Å². The molecule has 2 heterocycles. The second-order valence-electron chi connectivity index (χ2n) is 3.11. The van der Waals surface area contributed by atoms with E-state index in [1.807, 2.05) is 0 Å². The lowest BCUT2D eigenvalue weighted by Gasteiger charge is -2.33. The standard InChI is InChI=1S/C8H9NO5/c10-2-1-4-7(8(12)13)9-5(11)3-6(9)14-4/h1,6-7,10H,2-3H2,(H,12,13)/b4-1+/t6-,7-/m0/s1. The molecule has 2 aliphatic rings. The first-order valence-corrected chi connectivity index (χ1v) is 4.16. The van der Waals surface area contributed by atoms with Gasteiger partial charge in [0, 0.05) is 0 Å². The molecule has 0 unspecified atom stereocenters. The quantitative estimate of drug-likeness (QED) is 0.551. The van der Waals surface area contributed by atoms with Crippen LogP contribution in [0.4, 0.5) is 0 Å². The normalized spacial score (nSPS) is 32.5. The van der Waals surface area contributed by atoms with Crippen LogP contribution in [0, 0.1) is 0 Å². The van der Waals surface area contributed by atoms with Crippen molar-refractivity contribution in [3.05, 3.63) is 11.8 Å². The predicted octanol–water partition coefficient (Wildman–Crippen LogP) is -1.10. The molecule has 0 radical (unpaired) electrons. The number of carbonyl (C=O) groups excluding carboxylic acids is 1. The van der Waals surface area contributed by atoms with E-state index in [-0.39, 0.29) is 24.7 Å². The van der Waals surface area contributed by atoms with E-state index >= 15 is 0 Å². The number of amides is 1. The molecule has 0 aliphatic carbocycles. The highest BCUT2D eigenvalue weighted by atomic mass is 16.5. The average molecular weight is 199 g/mol.